The number of benzene rings is 3. The first-order valence-electron chi connectivity index (χ1n) is 14.8. The standard InChI is InChI=1S/C12H8ClN5O.C8H5ClN2O.C8H6N2O2.C4H4ClN3.Cl2OS/c13-10-9(5-14-6-15-10)18-12(19)11-16-7-3-1-2-4-8(7)17-11;9-7(12)8-10-5-3-1-2-4-6(5)11-8;11-8(12)7-9-5-3-1-2-4-6(5)10-7;5-4-3(6)1-7-2-8-4;1-4(2)3/h1-6H,(H,16,17)(H,18,19);1-4H,(H,10,11);1-4H,(H,9,10)(H,11,12);1-2H,6H2;. The SMILES string of the molecule is Nc1cncnc1Cl.O=C(Cl)c1nc2ccccc2[nH]1.O=C(Nc1cncnc1Cl)c1nc2ccccc2[nH]1.O=C(O)c1nc2ccccc2[nH]1.O=S(Cl)Cl. The van der Waals surface area contributed by atoms with E-state index in [-0.39, 0.29) is 22.6 Å². The van der Waals surface area contributed by atoms with E-state index in [1.54, 1.807) is 12.1 Å². The maximum Gasteiger partial charge on any atom is 0.371 e. The molecule has 17 nitrogen and oxygen atoms in total. The number of carbonyl (C=O) groups excluding carboxylic acids is 2. The van der Waals surface area contributed by atoms with Crippen molar-refractivity contribution in [2.75, 3.05) is 11.1 Å². The lowest BCUT2D eigenvalue weighted by Crippen LogP contribution is -2.14. The zero-order valence-electron chi connectivity index (χ0n) is 27.3. The molecule has 5 aromatic heterocycles. The van der Waals surface area contributed by atoms with Crippen LogP contribution in [0.4, 0.5) is 11.4 Å². The van der Waals surface area contributed by atoms with E-state index in [1.807, 2.05) is 60.7 Å². The number of rotatable bonds is 4. The number of halogens is 5. The second kappa shape index (κ2) is 20.6. The molecular weight excluding hydrogens is 842 g/mol. The molecular formula is C32H23Cl5N12O5S. The fraction of sp³-hybridized carbons (Fsp3) is 0. The summed E-state index contributed by atoms with van der Waals surface area (Å²) in [6.45, 7) is 0. The van der Waals surface area contributed by atoms with Crippen LogP contribution in [0.3, 0.4) is 0 Å². The number of para-hydroxylation sites is 6. The van der Waals surface area contributed by atoms with Crippen molar-refractivity contribution in [1.82, 2.24) is 49.8 Å². The molecule has 55 heavy (non-hydrogen) atoms. The highest BCUT2D eigenvalue weighted by Crippen LogP contribution is 2.18. The van der Waals surface area contributed by atoms with Gasteiger partial charge in [-0.15, -0.1) is 0 Å². The number of carboxylic acid groups (broad SMARTS) is 1. The number of hydrogen-bond acceptors (Lipinski definition) is 12. The van der Waals surface area contributed by atoms with Crippen molar-refractivity contribution in [1.29, 1.82) is 0 Å². The molecule has 0 radical (unpaired) electrons. The number of amides is 1. The first kappa shape index (κ1) is 42.0. The third-order valence-corrected chi connectivity index (χ3v) is 7.17. The molecule has 8 rings (SSSR count). The zero-order valence-corrected chi connectivity index (χ0v) is 31.9. The molecule has 3 aromatic carbocycles. The number of aromatic amines is 3. The summed E-state index contributed by atoms with van der Waals surface area (Å²) >= 11 is 16.5. The quantitative estimate of drug-likeness (QED) is 0.0755. The summed E-state index contributed by atoms with van der Waals surface area (Å²) in [4.78, 5) is 68.4. The number of aromatic carboxylic acids is 1. The van der Waals surface area contributed by atoms with Crippen LogP contribution in [0.25, 0.3) is 33.1 Å². The monoisotopic (exact) mass is 862 g/mol. The highest BCUT2D eigenvalue weighted by Gasteiger charge is 2.13. The predicted octanol–water partition coefficient (Wildman–Crippen LogP) is 7.22. The lowest BCUT2D eigenvalue weighted by atomic mass is 10.3. The minimum absolute atomic E-state index is 0.0174. The Labute approximate surface area is 335 Å². The van der Waals surface area contributed by atoms with E-state index in [4.69, 9.17) is 49.9 Å². The van der Waals surface area contributed by atoms with Crippen molar-refractivity contribution < 1.29 is 23.7 Å². The Morgan fingerprint density at radius 2 is 1.09 bits per heavy atom. The van der Waals surface area contributed by atoms with Crippen LogP contribution in [-0.2, 0) is 9.23 Å². The van der Waals surface area contributed by atoms with E-state index in [0.29, 0.717) is 22.0 Å². The molecule has 7 N–H and O–H groups in total. The molecule has 0 atom stereocenters. The first-order chi connectivity index (χ1) is 26.3. The molecule has 5 heterocycles. The van der Waals surface area contributed by atoms with Crippen LogP contribution in [-0.4, -0.2) is 76.3 Å². The zero-order chi connectivity index (χ0) is 39.9. The van der Waals surface area contributed by atoms with Crippen LogP contribution >= 0.6 is 56.2 Å². The number of H-pyrrole nitrogens is 3. The average Bonchev–Trinajstić information content (AvgIpc) is 3.92. The number of nitrogens with one attached hydrogen (secondary N) is 4. The summed E-state index contributed by atoms with van der Waals surface area (Å²) in [6.07, 6.45) is 5.53. The normalized spacial score (nSPS) is 10.1. The van der Waals surface area contributed by atoms with Crippen LogP contribution in [0.15, 0.2) is 97.8 Å². The Bertz CT molecular complexity index is 2380. The number of anilines is 2. The van der Waals surface area contributed by atoms with E-state index in [0.717, 1.165) is 27.6 Å². The minimum atomic E-state index is -1.67. The lowest BCUT2D eigenvalue weighted by molar-refractivity contribution is 0.0684. The Morgan fingerprint density at radius 3 is 1.51 bits per heavy atom. The molecule has 0 aliphatic heterocycles. The van der Waals surface area contributed by atoms with Gasteiger partial charge in [-0.25, -0.2) is 43.9 Å². The number of carbonyl (C=O) groups is 3. The van der Waals surface area contributed by atoms with Crippen molar-refractivity contribution in [3.05, 3.63) is 126 Å². The van der Waals surface area contributed by atoms with Gasteiger partial charge < -0.3 is 31.1 Å². The largest absolute Gasteiger partial charge is 0.475 e. The number of hydrogen-bond donors (Lipinski definition) is 6. The molecule has 1 amide bonds. The Hall–Kier alpha value is -5.76. The molecule has 282 valence electrons. The summed E-state index contributed by atoms with van der Waals surface area (Å²) in [7, 11) is 7.36. The molecule has 8 aromatic rings. The number of nitrogen functional groups attached to an aromatic ring is 1. The maximum absolute atomic E-state index is 12.0. The molecule has 0 spiro atoms. The van der Waals surface area contributed by atoms with E-state index in [9.17, 15) is 14.4 Å². The van der Waals surface area contributed by atoms with Crippen molar-refractivity contribution in [2.24, 2.45) is 0 Å². The Morgan fingerprint density at radius 1 is 0.673 bits per heavy atom. The summed E-state index contributed by atoms with van der Waals surface area (Å²) in [5, 5.41) is 11.1. The summed E-state index contributed by atoms with van der Waals surface area (Å²) in [5.41, 5.74) is 10.5. The summed E-state index contributed by atoms with van der Waals surface area (Å²) in [5.74, 6) is -1.05. The van der Waals surface area contributed by atoms with Crippen LogP contribution in [0.2, 0.25) is 10.3 Å². The third-order valence-electron chi connectivity index (χ3n) is 6.37. The van der Waals surface area contributed by atoms with Gasteiger partial charge in [0.2, 0.25) is 15.1 Å². The molecule has 0 aliphatic carbocycles. The van der Waals surface area contributed by atoms with Gasteiger partial charge in [0.05, 0.1) is 56.9 Å². The molecule has 0 saturated carbocycles. The second-order valence-electron chi connectivity index (χ2n) is 10.0. The van der Waals surface area contributed by atoms with E-state index < -0.39 is 26.3 Å². The second-order valence-corrected chi connectivity index (χ2v) is 13.6. The Balaban J connectivity index is 0.000000164. The third kappa shape index (κ3) is 13.0. The Kier molecular flexibility index (Phi) is 15.7. The van der Waals surface area contributed by atoms with E-state index in [2.05, 4.69) is 76.5 Å². The number of carboxylic acids is 1. The summed E-state index contributed by atoms with van der Waals surface area (Å²) in [6, 6.07) is 21.9. The minimum Gasteiger partial charge on any atom is -0.475 e. The van der Waals surface area contributed by atoms with Gasteiger partial charge in [-0.3, -0.25) is 9.59 Å². The van der Waals surface area contributed by atoms with Crippen LogP contribution in [0, 0.1) is 0 Å². The number of nitrogens with two attached hydrogens (primary N) is 1. The molecule has 0 unspecified atom stereocenters. The highest BCUT2D eigenvalue weighted by atomic mass is 36.0. The van der Waals surface area contributed by atoms with Crippen molar-refractivity contribution in [3.8, 4) is 0 Å². The van der Waals surface area contributed by atoms with Gasteiger partial charge in [0, 0.05) is 21.4 Å². The fourth-order valence-electron chi connectivity index (χ4n) is 4.07. The number of aromatic nitrogens is 10. The van der Waals surface area contributed by atoms with Gasteiger partial charge in [-0.1, -0.05) is 59.6 Å². The van der Waals surface area contributed by atoms with Crippen LogP contribution in [0.5, 0.6) is 0 Å². The first-order valence-corrected chi connectivity index (χ1v) is 18.8. The van der Waals surface area contributed by atoms with Gasteiger partial charge in [-0.05, 0) is 48.0 Å². The highest BCUT2D eigenvalue weighted by molar-refractivity contribution is 8.26. The lowest BCUT2D eigenvalue weighted by Gasteiger charge is -2.02. The molecule has 0 fully saturated rings. The van der Waals surface area contributed by atoms with E-state index >= 15 is 0 Å². The van der Waals surface area contributed by atoms with E-state index in [1.165, 1.54) is 25.0 Å². The summed E-state index contributed by atoms with van der Waals surface area (Å²) < 4.78 is 9.09. The predicted molar refractivity (Wildman–Crippen MR) is 212 cm³/mol. The van der Waals surface area contributed by atoms with Gasteiger partial charge in [0.1, 0.15) is 12.7 Å². The maximum atomic E-state index is 12.0. The van der Waals surface area contributed by atoms with Gasteiger partial charge in [-0.2, -0.15) is 0 Å². The van der Waals surface area contributed by atoms with Crippen molar-refractivity contribution >= 4 is 127 Å². The molecule has 0 bridgehead atoms. The van der Waals surface area contributed by atoms with Crippen molar-refractivity contribution in [2.45, 2.75) is 0 Å². The number of imidazole rings is 3. The van der Waals surface area contributed by atoms with Gasteiger partial charge >= 0.3 is 5.97 Å². The van der Waals surface area contributed by atoms with Crippen LogP contribution < -0.4 is 11.1 Å². The number of nitrogens with zero attached hydrogens (tertiary/aromatic N) is 7. The molecule has 23 heteroatoms. The van der Waals surface area contributed by atoms with Crippen LogP contribution in [0.1, 0.15) is 31.9 Å². The van der Waals surface area contributed by atoms with Crippen molar-refractivity contribution in [3.63, 3.8) is 0 Å². The average molecular weight is 865 g/mol. The molecule has 0 aliphatic rings. The topological polar surface area (TPSA) is 264 Å². The van der Waals surface area contributed by atoms with Gasteiger partial charge in [0.15, 0.2) is 22.0 Å². The smallest absolute Gasteiger partial charge is 0.371 e. The van der Waals surface area contributed by atoms with Gasteiger partial charge in [0.25, 0.3) is 11.1 Å². The molecule has 0 saturated heterocycles. The fourth-order valence-corrected chi connectivity index (χ4v) is 4.39. The number of fused-ring (bicyclic) bond motifs is 3.